The molecule has 1 aliphatic rings. The van der Waals surface area contributed by atoms with E-state index in [4.69, 9.17) is 23.8 Å². The smallest absolute Gasteiger partial charge is 0.163 e. The van der Waals surface area contributed by atoms with Gasteiger partial charge in [-0.25, -0.2) is 15.0 Å². The van der Waals surface area contributed by atoms with Gasteiger partial charge >= 0.3 is 0 Å². The van der Waals surface area contributed by atoms with E-state index in [1.807, 2.05) is 30.3 Å². The van der Waals surface area contributed by atoms with Crippen LogP contribution in [0, 0.1) is 0 Å². The van der Waals surface area contributed by atoms with E-state index in [1.165, 1.54) is 5.39 Å². The van der Waals surface area contributed by atoms with Crippen LogP contribution in [0.2, 0.25) is 0 Å². The summed E-state index contributed by atoms with van der Waals surface area (Å²) in [5.41, 5.74) is 7.10. The number of furan rings is 2. The van der Waals surface area contributed by atoms with Gasteiger partial charge in [0.25, 0.3) is 0 Å². The molecule has 0 bridgehead atoms. The Morgan fingerprint density at radius 1 is 0.528 bits per heavy atom. The van der Waals surface area contributed by atoms with Crippen molar-refractivity contribution in [2.45, 2.75) is 18.8 Å². The molecule has 0 saturated heterocycles. The molecular weight excluding hydrogens is 651 g/mol. The average Bonchev–Trinajstić information content (AvgIpc) is 3.81. The van der Waals surface area contributed by atoms with Gasteiger partial charge in [0, 0.05) is 38.2 Å². The molecule has 1 aliphatic carbocycles. The standard InChI is InChI=1S/C48H31N3O2/c1-48(47-50-45(30-14-3-2-4-15-30)49-46(51-47)33-25-24-29-13-5-6-16-31(29)27-33)26-12-23-40-43(48)42-35(20-11-22-39(42)52-40)37-28-32-17-7-8-18-34(32)44-41(37)36-19-9-10-21-38(36)53-44/h2-25,27-28H,26H2,1H3. The van der Waals surface area contributed by atoms with E-state index in [2.05, 4.69) is 134 Å². The molecule has 0 amide bonds. The van der Waals surface area contributed by atoms with Crippen LogP contribution in [0.15, 0.2) is 161 Å². The van der Waals surface area contributed by atoms with Crippen LogP contribution in [0.25, 0.3) is 94.4 Å². The van der Waals surface area contributed by atoms with Crippen LogP contribution >= 0.6 is 0 Å². The third-order valence-corrected chi connectivity index (χ3v) is 10.9. The lowest BCUT2D eigenvalue weighted by molar-refractivity contribution is 0.509. The first-order chi connectivity index (χ1) is 26.1. The average molecular weight is 682 g/mol. The van der Waals surface area contributed by atoms with E-state index in [0.717, 1.165) is 82.6 Å². The van der Waals surface area contributed by atoms with E-state index in [9.17, 15) is 0 Å². The Labute approximate surface area is 304 Å². The molecule has 5 nitrogen and oxygen atoms in total. The summed E-state index contributed by atoms with van der Waals surface area (Å²) in [4.78, 5) is 15.7. The molecule has 0 fully saturated rings. The number of hydrogen-bond acceptors (Lipinski definition) is 5. The first-order valence-electron chi connectivity index (χ1n) is 18.0. The Bertz CT molecular complexity index is 3120. The molecule has 3 heterocycles. The second-order valence-corrected chi connectivity index (χ2v) is 14.1. The summed E-state index contributed by atoms with van der Waals surface area (Å²) in [6.07, 6.45) is 4.98. The highest BCUT2D eigenvalue weighted by Gasteiger charge is 2.40. The molecule has 1 unspecified atom stereocenters. The summed E-state index contributed by atoms with van der Waals surface area (Å²) in [6.45, 7) is 2.25. The molecule has 0 radical (unpaired) electrons. The fourth-order valence-corrected chi connectivity index (χ4v) is 8.33. The molecule has 0 saturated carbocycles. The predicted molar refractivity (Wildman–Crippen MR) is 215 cm³/mol. The number of aromatic nitrogens is 3. The van der Waals surface area contributed by atoms with Gasteiger partial charge in [-0.05, 0) is 71.0 Å². The minimum Gasteiger partial charge on any atom is -0.456 e. The van der Waals surface area contributed by atoms with E-state index in [1.54, 1.807) is 0 Å². The monoisotopic (exact) mass is 681 g/mol. The molecule has 0 N–H and O–H groups in total. The fourth-order valence-electron chi connectivity index (χ4n) is 8.33. The summed E-state index contributed by atoms with van der Waals surface area (Å²) in [5, 5.41) is 7.78. The lowest BCUT2D eigenvalue weighted by atomic mass is 9.73. The van der Waals surface area contributed by atoms with Crippen LogP contribution in [-0.4, -0.2) is 15.0 Å². The molecule has 10 aromatic rings. The number of para-hydroxylation sites is 1. The second-order valence-electron chi connectivity index (χ2n) is 14.1. The number of rotatable bonds is 4. The second kappa shape index (κ2) is 11.3. The minimum absolute atomic E-state index is 0.641. The third-order valence-electron chi connectivity index (χ3n) is 10.9. The number of fused-ring (bicyclic) bond motifs is 9. The van der Waals surface area contributed by atoms with Crippen molar-refractivity contribution in [2.24, 2.45) is 0 Å². The van der Waals surface area contributed by atoms with Gasteiger partial charge in [0.05, 0.1) is 5.41 Å². The topological polar surface area (TPSA) is 65.0 Å². The van der Waals surface area contributed by atoms with E-state index < -0.39 is 5.41 Å². The van der Waals surface area contributed by atoms with Crippen molar-refractivity contribution in [3.05, 3.63) is 169 Å². The summed E-state index contributed by atoms with van der Waals surface area (Å²) in [7, 11) is 0. The maximum atomic E-state index is 6.73. The first kappa shape index (κ1) is 29.8. The maximum Gasteiger partial charge on any atom is 0.163 e. The van der Waals surface area contributed by atoms with Crippen LogP contribution in [0.3, 0.4) is 0 Å². The quantitative estimate of drug-likeness (QED) is 0.185. The van der Waals surface area contributed by atoms with Gasteiger partial charge in [0.15, 0.2) is 11.6 Å². The highest BCUT2D eigenvalue weighted by molar-refractivity contribution is 6.23. The van der Waals surface area contributed by atoms with Gasteiger partial charge in [-0.2, -0.15) is 0 Å². The van der Waals surface area contributed by atoms with E-state index in [0.29, 0.717) is 23.9 Å². The van der Waals surface area contributed by atoms with Crippen molar-refractivity contribution in [3.8, 4) is 33.9 Å². The van der Waals surface area contributed by atoms with Crippen molar-refractivity contribution >= 4 is 60.5 Å². The summed E-state index contributed by atoms with van der Waals surface area (Å²) in [5.74, 6) is 2.82. The van der Waals surface area contributed by atoms with Crippen molar-refractivity contribution in [2.75, 3.05) is 0 Å². The fraction of sp³-hybridized carbons (Fsp3) is 0.0625. The number of nitrogens with zero attached hydrogens (tertiary/aromatic N) is 3. The molecule has 3 aromatic heterocycles. The molecule has 11 rings (SSSR count). The van der Waals surface area contributed by atoms with Gasteiger partial charge in [0.1, 0.15) is 28.3 Å². The summed E-state index contributed by atoms with van der Waals surface area (Å²) < 4.78 is 13.4. The van der Waals surface area contributed by atoms with Gasteiger partial charge in [-0.1, -0.05) is 127 Å². The first-order valence-corrected chi connectivity index (χ1v) is 18.0. The highest BCUT2D eigenvalue weighted by Crippen LogP contribution is 2.50. The molecular formula is C48H31N3O2. The van der Waals surface area contributed by atoms with Crippen LogP contribution < -0.4 is 0 Å². The zero-order valence-electron chi connectivity index (χ0n) is 28.9. The van der Waals surface area contributed by atoms with Crippen LogP contribution in [0.5, 0.6) is 0 Å². The van der Waals surface area contributed by atoms with Gasteiger partial charge in [-0.15, -0.1) is 0 Å². The normalized spacial score (nSPS) is 15.6. The molecule has 5 heteroatoms. The zero-order valence-corrected chi connectivity index (χ0v) is 28.9. The summed E-state index contributed by atoms with van der Waals surface area (Å²) >= 11 is 0. The van der Waals surface area contributed by atoms with E-state index in [-0.39, 0.29) is 0 Å². The number of allylic oxidation sites excluding steroid dienone is 1. The van der Waals surface area contributed by atoms with Crippen molar-refractivity contribution in [1.82, 2.24) is 15.0 Å². The molecule has 0 spiro atoms. The number of benzene rings is 7. The molecule has 7 aromatic carbocycles. The molecule has 53 heavy (non-hydrogen) atoms. The van der Waals surface area contributed by atoms with Gasteiger partial charge in [0.2, 0.25) is 0 Å². The Morgan fingerprint density at radius 2 is 1.25 bits per heavy atom. The SMILES string of the molecule is CC1(c2nc(-c3ccccc3)nc(-c3ccc4ccccc4c3)n2)CC=Cc2oc3cccc(-c4cc5ccccc5c5oc6ccccc6c45)c3c21. The maximum absolute atomic E-state index is 6.73. The Hall–Kier alpha value is -6.85. The van der Waals surface area contributed by atoms with Gasteiger partial charge in [-0.3, -0.25) is 0 Å². The van der Waals surface area contributed by atoms with E-state index >= 15 is 0 Å². The Balaban J connectivity index is 1.19. The minimum atomic E-state index is -0.641. The van der Waals surface area contributed by atoms with Crippen molar-refractivity contribution < 1.29 is 8.83 Å². The molecule has 0 aliphatic heterocycles. The largest absolute Gasteiger partial charge is 0.456 e. The summed E-state index contributed by atoms with van der Waals surface area (Å²) in [6, 6.07) is 50.4. The van der Waals surface area contributed by atoms with Crippen molar-refractivity contribution in [3.63, 3.8) is 0 Å². The molecule has 1 atom stereocenters. The van der Waals surface area contributed by atoms with Crippen LogP contribution in [0.1, 0.15) is 30.5 Å². The number of hydrogen-bond donors (Lipinski definition) is 0. The van der Waals surface area contributed by atoms with Gasteiger partial charge < -0.3 is 8.83 Å². The highest BCUT2D eigenvalue weighted by atomic mass is 16.3. The lowest BCUT2D eigenvalue weighted by Gasteiger charge is -2.30. The molecule has 250 valence electrons. The Morgan fingerprint density at radius 3 is 2.11 bits per heavy atom. The zero-order chi connectivity index (χ0) is 35.1. The third kappa shape index (κ3) is 4.54. The van der Waals surface area contributed by atoms with Crippen molar-refractivity contribution in [1.29, 1.82) is 0 Å². The lowest BCUT2D eigenvalue weighted by Crippen LogP contribution is -2.29. The predicted octanol–water partition coefficient (Wildman–Crippen LogP) is 12.5. The Kier molecular flexibility index (Phi) is 6.38. The van der Waals surface area contributed by atoms with Crippen LogP contribution in [-0.2, 0) is 5.41 Å². The van der Waals surface area contributed by atoms with Crippen LogP contribution in [0.4, 0.5) is 0 Å².